The Bertz CT molecular complexity index is 1080. The molecule has 148 valence electrons. The van der Waals surface area contributed by atoms with Crippen LogP contribution in [-0.2, 0) is 4.79 Å². The predicted molar refractivity (Wildman–Crippen MR) is 109 cm³/mol. The molecule has 1 aromatic carbocycles. The van der Waals surface area contributed by atoms with Crippen molar-refractivity contribution < 1.29 is 9.53 Å². The molecule has 29 heavy (non-hydrogen) atoms. The molecule has 1 saturated carbocycles. The van der Waals surface area contributed by atoms with Crippen molar-refractivity contribution in [3.05, 3.63) is 47.8 Å². The van der Waals surface area contributed by atoms with Gasteiger partial charge in [-0.15, -0.1) is 0 Å². The highest BCUT2D eigenvalue weighted by molar-refractivity contribution is 5.93. The van der Waals surface area contributed by atoms with Crippen LogP contribution in [0.25, 0.3) is 10.9 Å². The number of ether oxygens (including phenoxy) is 1. The number of pyridine rings is 1. The Morgan fingerprint density at radius 2 is 2.17 bits per heavy atom. The van der Waals surface area contributed by atoms with Crippen molar-refractivity contribution in [2.24, 2.45) is 11.8 Å². The Hall–Kier alpha value is -3.40. The van der Waals surface area contributed by atoms with Crippen molar-refractivity contribution in [2.45, 2.75) is 39.2 Å². The minimum Gasteiger partial charge on any atom is -0.488 e. The van der Waals surface area contributed by atoms with Gasteiger partial charge in [0.2, 0.25) is 5.91 Å². The van der Waals surface area contributed by atoms with Crippen LogP contribution in [0.4, 0.5) is 5.82 Å². The normalized spacial score (nSPS) is 21.1. The first-order valence-electron chi connectivity index (χ1n) is 9.87. The molecule has 2 unspecified atom stereocenters. The summed E-state index contributed by atoms with van der Waals surface area (Å²) in [6.45, 7) is 3.85. The van der Waals surface area contributed by atoms with Gasteiger partial charge in [-0.3, -0.25) is 14.9 Å². The average Bonchev–Trinajstić information content (AvgIpc) is 3.31. The van der Waals surface area contributed by atoms with Crippen LogP contribution < -0.4 is 10.1 Å². The van der Waals surface area contributed by atoms with Crippen molar-refractivity contribution in [1.82, 2.24) is 15.2 Å². The molecule has 2 heterocycles. The molecule has 2 N–H and O–H groups in total. The van der Waals surface area contributed by atoms with E-state index in [-0.39, 0.29) is 23.8 Å². The number of aryl methyl sites for hydroxylation is 1. The lowest BCUT2D eigenvalue weighted by Gasteiger charge is -2.16. The number of benzene rings is 1. The van der Waals surface area contributed by atoms with Crippen molar-refractivity contribution in [2.75, 3.05) is 5.32 Å². The van der Waals surface area contributed by atoms with Gasteiger partial charge in [0.15, 0.2) is 5.82 Å². The number of hydrogen-bond acceptors (Lipinski definition) is 5. The van der Waals surface area contributed by atoms with E-state index in [0.29, 0.717) is 23.5 Å². The van der Waals surface area contributed by atoms with Gasteiger partial charge in [-0.25, -0.2) is 0 Å². The van der Waals surface area contributed by atoms with Gasteiger partial charge in [0.25, 0.3) is 0 Å². The van der Waals surface area contributed by atoms with E-state index >= 15 is 0 Å². The van der Waals surface area contributed by atoms with Gasteiger partial charge < -0.3 is 10.1 Å². The molecule has 1 aliphatic carbocycles. The van der Waals surface area contributed by atoms with Crippen LogP contribution in [0.2, 0.25) is 0 Å². The van der Waals surface area contributed by atoms with Crippen molar-refractivity contribution in [3.8, 4) is 11.8 Å². The number of rotatable bonds is 5. The summed E-state index contributed by atoms with van der Waals surface area (Å²) in [7, 11) is 0. The third kappa shape index (κ3) is 3.66. The third-order valence-electron chi connectivity index (χ3n) is 5.70. The second kappa shape index (κ2) is 7.92. The summed E-state index contributed by atoms with van der Waals surface area (Å²) >= 11 is 0. The Morgan fingerprint density at radius 3 is 2.97 bits per heavy atom. The number of carbonyl (C=O) groups is 1. The number of hydrogen-bond donors (Lipinski definition) is 2. The lowest BCUT2D eigenvalue weighted by molar-refractivity contribution is -0.121. The maximum atomic E-state index is 12.9. The third-order valence-corrected chi connectivity index (χ3v) is 5.70. The number of aromatic nitrogens is 3. The van der Waals surface area contributed by atoms with Gasteiger partial charge >= 0.3 is 0 Å². The molecule has 2 aromatic heterocycles. The summed E-state index contributed by atoms with van der Waals surface area (Å²) in [5.74, 6) is 0.971. The molecule has 4 rings (SSSR count). The molecule has 1 aliphatic rings. The summed E-state index contributed by atoms with van der Waals surface area (Å²) < 4.78 is 6.28. The molecule has 0 aliphatic heterocycles. The van der Waals surface area contributed by atoms with E-state index in [9.17, 15) is 10.1 Å². The molecular formula is C22H23N5O2. The highest BCUT2D eigenvalue weighted by Gasteiger charge is 2.39. The lowest BCUT2D eigenvalue weighted by atomic mass is 9.93. The number of H-pyrrole nitrogens is 1. The summed E-state index contributed by atoms with van der Waals surface area (Å²) in [6, 6.07) is 11.9. The fourth-order valence-electron chi connectivity index (χ4n) is 4.16. The van der Waals surface area contributed by atoms with Gasteiger partial charge in [-0.05, 0) is 37.8 Å². The maximum Gasteiger partial charge on any atom is 0.229 e. The van der Waals surface area contributed by atoms with Crippen LogP contribution in [0.5, 0.6) is 5.75 Å². The SMILES string of the molecule is CCC1CC(Oc2cccc3cccnc23)C[C@@H]1C(=O)Nc1n[nH]c(C)c1C#N. The van der Waals surface area contributed by atoms with Gasteiger partial charge in [0.1, 0.15) is 22.9 Å². The summed E-state index contributed by atoms with van der Waals surface area (Å²) in [5.41, 5.74) is 1.85. The zero-order valence-corrected chi connectivity index (χ0v) is 16.5. The smallest absolute Gasteiger partial charge is 0.229 e. The molecule has 3 aromatic rings. The highest BCUT2D eigenvalue weighted by Crippen LogP contribution is 2.38. The topological polar surface area (TPSA) is 104 Å². The second-order valence-corrected chi connectivity index (χ2v) is 7.49. The molecule has 0 spiro atoms. The quantitative estimate of drug-likeness (QED) is 0.687. The number of amides is 1. The van der Waals surface area contributed by atoms with E-state index in [1.807, 2.05) is 30.3 Å². The largest absolute Gasteiger partial charge is 0.488 e. The van der Waals surface area contributed by atoms with E-state index in [0.717, 1.165) is 29.5 Å². The molecule has 1 fully saturated rings. The number of carbonyl (C=O) groups excluding carboxylic acids is 1. The molecule has 0 saturated heterocycles. The van der Waals surface area contributed by atoms with E-state index in [1.54, 1.807) is 13.1 Å². The molecule has 7 nitrogen and oxygen atoms in total. The van der Waals surface area contributed by atoms with Gasteiger partial charge in [0.05, 0.1) is 11.8 Å². The van der Waals surface area contributed by atoms with Crippen molar-refractivity contribution in [3.63, 3.8) is 0 Å². The number of aromatic amines is 1. The van der Waals surface area contributed by atoms with Crippen LogP contribution in [0.1, 0.15) is 37.4 Å². The van der Waals surface area contributed by atoms with E-state index in [4.69, 9.17) is 4.74 Å². The van der Waals surface area contributed by atoms with Crippen LogP contribution in [0.15, 0.2) is 36.5 Å². The maximum absolute atomic E-state index is 12.9. The standard InChI is InChI=1S/C22H23N5O2/c1-3-14-10-16(29-19-8-4-6-15-7-5-9-24-20(15)19)11-17(14)22(28)25-21-18(12-23)13(2)26-27-21/h4-9,14,16-17H,3,10-11H2,1-2H3,(H2,25,26,27,28)/t14?,16?,17-/m0/s1. The number of nitrogens with one attached hydrogen (secondary N) is 2. The van der Waals surface area contributed by atoms with Crippen molar-refractivity contribution in [1.29, 1.82) is 5.26 Å². The highest BCUT2D eigenvalue weighted by atomic mass is 16.5. The number of nitrogens with zero attached hydrogens (tertiary/aromatic N) is 3. The summed E-state index contributed by atoms with van der Waals surface area (Å²) in [4.78, 5) is 17.4. The number of anilines is 1. The Kier molecular flexibility index (Phi) is 5.17. The summed E-state index contributed by atoms with van der Waals surface area (Å²) in [5, 5.41) is 19.9. The predicted octanol–water partition coefficient (Wildman–Crippen LogP) is 3.96. The number of para-hydroxylation sites is 1. The summed E-state index contributed by atoms with van der Waals surface area (Å²) in [6.07, 6.45) is 4.02. The Balaban J connectivity index is 1.50. The second-order valence-electron chi connectivity index (χ2n) is 7.49. The van der Waals surface area contributed by atoms with E-state index in [2.05, 4.69) is 33.5 Å². The first kappa shape index (κ1) is 18.9. The lowest BCUT2D eigenvalue weighted by Crippen LogP contribution is -2.26. The number of fused-ring (bicyclic) bond motifs is 1. The first-order valence-corrected chi connectivity index (χ1v) is 9.87. The average molecular weight is 389 g/mol. The minimum absolute atomic E-state index is 0.0559. The van der Waals surface area contributed by atoms with E-state index < -0.39 is 0 Å². The molecular weight excluding hydrogens is 366 g/mol. The van der Waals surface area contributed by atoms with Crippen LogP contribution in [0, 0.1) is 30.1 Å². The molecule has 3 atom stereocenters. The Labute approximate surface area is 169 Å². The molecule has 0 bridgehead atoms. The Morgan fingerprint density at radius 1 is 1.34 bits per heavy atom. The van der Waals surface area contributed by atoms with Gasteiger partial charge in [0, 0.05) is 17.5 Å². The van der Waals surface area contributed by atoms with E-state index in [1.165, 1.54) is 0 Å². The zero-order valence-electron chi connectivity index (χ0n) is 16.5. The molecule has 7 heteroatoms. The zero-order chi connectivity index (χ0) is 20.4. The van der Waals surface area contributed by atoms with Gasteiger partial charge in [-0.2, -0.15) is 10.4 Å². The molecule has 1 amide bonds. The van der Waals surface area contributed by atoms with Crippen molar-refractivity contribution >= 4 is 22.6 Å². The molecule has 0 radical (unpaired) electrons. The minimum atomic E-state index is -0.184. The van der Waals surface area contributed by atoms with Gasteiger partial charge in [-0.1, -0.05) is 31.5 Å². The fraction of sp³-hybridized carbons (Fsp3) is 0.364. The van der Waals surface area contributed by atoms with Crippen LogP contribution in [-0.4, -0.2) is 27.2 Å². The van der Waals surface area contributed by atoms with Crippen LogP contribution in [0.3, 0.4) is 0 Å². The fourth-order valence-corrected chi connectivity index (χ4v) is 4.16. The first-order chi connectivity index (χ1) is 14.1. The monoisotopic (exact) mass is 389 g/mol. The van der Waals surface area contributed by atoms with Crippen LogP contribution >= 0.6 is 0 Å². The number of nitriles is 1.